The molecule has 0 aliphatic heterocycles. The normalized spacial score (nSPS) is 15.1. The summed E-state index contributed by atoms with van der Waals surface area (Å²) in [7, 11) is 18.0. The SMILES string of the molecule is CCCCCCCC[N+](C)(C)CC(O)CN(CCN(CC(O)C[N+](C)(C)CCCCCCCC)CC(O)C[N+](C)(C)CCCCCCCC)CC(O)C[N+](C)(C)CCCCCCCC. The summed E-state index contributed by atoms with van der Waals surface area (Å²) < 4.78 is 3.16. The molecule has 0 radical (unpaired) electrons. The zero-order valence-electron chi connectivity index (χ0n) is 45.7. The maximum atomic E-state index is 11.7. The van der Waals surface area contributed by atoms with Gasteiger partial charge in [-0.3, -0.25) is 9.80 Å². The van der Waals surface area contributed by atoms with Gasteiger partial charge in [-0.25, -0.2) is 0 Å². The van der Waals surface area contributed by atoms with Crippen LogP contribution >= 0.6 is 0 Å². The Hall–Kier alpha value is -0.400. The molecule has 4 N–H and O–H groups in total. The first-order chi connectivity index (χ1) is 30.2. The minimum Gasteiger partial charge on any atom is -0.386 e. The molecular weight excluding hydrogens is 797 g/mol. The summed E-state index contributed by atoms with van der Waals surface area (Å²) >= 11 is 0. The topological polar surface area (TPSA) is 87.4 Å². The lowest BCUT2D eigenvalue weighted by molar-refractivity contribution is -0.894. The van der Waals surface area contributed by atoms with Crippen molar-refractivity contribution >= 4 is 0 Å². The van der Waals surface area contributed by atoms with Gasteiger partial charge in [0.25, 0.3) is 0 Å². The molecule has 0 aliphatic carbocycles. The van der Waals surface area contributed by atoms with Gasteiger partial charge in [0.2, 0.25) is 0 Å². The number of nitrogens with zero attached hydrogens (tertiary/aromatic N) is 6. The van der Waals surface area contributed by atoms with Crippen molar-refractivity contribution in [2.45, 2.75) is 206 Å². The first kappa shape index (κ1) is 63.6. The number of likely N-dealkylation sites (N-methyl/N-ethyl adjacent to an activating group) is 4. The Labute approximate surface area is 401 Å². The number of hydrogen-bond acceptors (Lipinski definition) is 6. The zero-order valence-corrected chi connectivity index (χ0v) is 45.7. The summed E-state index contributed by atoms with van der Waals surface area (Å²) in [5, 5.41) is 46.8. The van der Waals surface area contributed by atoms with E-state index in [0.717, 1.165) is 44.1 Å². The number of aliphatic hydroxyl groups excluding tert-OH is 4. The van der Waals surface area contributed by atoms with E-state index in [0.29, 0.717) is 65.4 Å². The van der Waals surface area contributed by atoms with E-state index in [1.165, 1.54) is 154 Å². The van der Waals surface area contributed by atoms with Gasteiger partial charge in [-0.15, -0.1) is 0 Å². The van der Waals surface area contributed by atoms with E-state index in [-0.39, 0.29) is 0 Å². The van der Waals surface area contributed by atoms with Gasteiger partial charge in [-0.05, 0) is 51.4 Å². The molecule has 0 amide bonds. The standard InChI is InChI=1S/C54H120N6O4/c1-13-17-21-25-29-33-39-57(5,6)47-51(61)43-55(44-52(62)48-58(7,8)40-34-30-26-22-18-14-2)37-38-56(45-53(63)49-59(9,10)41-35-31-27-23-19-15-3)46-54(64)50-60(11,12)42-36-32-28-24-20-16-4/h51-54,61-64H,13-50H2,1-12H3/q+4. The monoisotopic (exact) mass is 917 g/mol. The van der Waals surface area contributed by atoms with Crippen molar-refractivity contribution in [2.75, 3.05) is 148 Å². The van der Waals surface area contributed by atoms with Crippen molar-refractivity contribution in [3.8, 4) is 0 Å². The van der Waals surface area contributed by atoms with Gasteiger partial charge in [0.05, 0.1) is 82.6 Å². The maximum absolute atomic E-state index is 11.7. The quantitative estimate of drug-likeness (QED) is 0.0361. The minimum atomic E-state index is -0.516. The Bertz CT molecular complexity index is 889. The van der Waals surface area contributed by atoms with Crippen molar-refractivity contribution in [2.24, 2.45) is 0 Å². The molecule has 0 aromatic carbocycles. The third-order valence-corrected chi connectivity index (χ3v) is 13.9. The Balaban J connectivity index is 6.07. The molecule has 10 heteroatoms. The summed E-state index contributed by atoms with van der Waals surface area (Å²) in [6.07, 6.45) is 28.4. The van der Waals surface area contributed by atoms with E-state index in [1.54, 1.807) is 0 Å². The van der Waals surface area contributed by atoms with Crippen LogP contribution in [0.25, 0.3) is 0 Å². The third-order valence-electron chi connectivity index (χ3n) is 13.9. The lowest BCUT2D eigenvalue weighted by atomic mass is 10.1. The molecule has 0 aromatic heterocycles. The highest BCUT2D eigenvalue weighted by Crippen LogP contribution is 2.15. The molecule has 0 rings (SSSR count). The van der Waals surface area contributed by atoms with Crippen LogP contribution in [-0.2, 0) is 0 Å². The number of quaternary nitrogens is 4. The Kier molecular flexibility index (Phi) is 37.3. The highest BCUT2D eigenvalue weighted by atomic mass is 16.3. The van der Waals surface area contributed by atoms with Crippen LogP contribution in [-0.4, -0.2) is 221 Å². The van der Waals surface area contributed by atoms with Crippen LogP contribution in [0.4, 0.5) is 0 Å². The van der Waals surface area contributed by atoms with Crippen LogP contribution in [0.15, 0.2) is 0 Å². The maximum Gasteiger partial charge on any atom is 0.115 e. The van der Waals surface area contributed by atoms with E-state index >= 15 is 0 Å². The first-order valence-electron chi connectivity index (χ1n) is 27.6. The van der Waals surface area contributed by atoms with Crippen LogP contribution < -0.4 is 0 Å². The van der Waals surface area contributed by atoms with Gasteiger partial charge in [0, 0.05) is 39.3 Å². The van der Waals surface area contributed by atoms with Crippen LogP contribution in [0.3, 0.4) is 0 Å². The second-order valence-corrected chi connectivity index (χ2v) is 23.6. The summed E-state index contributed by atoms with van der Waals surface area (Å²) in [5.41, 5.74) is 0. The number of rotatable bonds is 47. The second-order valence-electron chi connectivity index (χ2n) is 23.6. The van der Waals surface area contributed by atoms with Crippen molar-refractivity contribution < 1.29 is 38.4 Å². The van der Waals surface area contributed by atoms with E-state index < -0.39 is 24.4 Å². The van der Waals surface area contributed by atoms with E-state index in [4.69, 9.17) is 0 Å². The van der Waals surface area contributed by atoms with Gasteiger partial charge in [0.15, 0.2) is 0 Å². The van der Waals surface area contributed by atoms with Crippen molar-refractivity contribution in [3.05, 3.63) is 0 Å². The highest BCUT2D eigenvalue weighted by Gasteiger charge is 2.29. The van der Waals surface area contributed by atoms with Crippen LogP contribution in [0.5, 0.6) is 0 Å². The fraction of sp³-hybridized carbons (Fsp3) is 1.00. The Morgan fingerprint density at radius 1 is 0.281 bits per heavy atom. The van der Waals surface area contributed by atoms with Crippen molar-refractivity contribution in [1.82, 2.24) is 9.80 Å². The predicted molar refractivity (Wildman–Crippen MR) is 278 cm³/mol. The molecule has 0 aromatic rings. The van der Waals surface area contributed by atoms with Gasteiger partial charge in [-0.2, -0.15) is 0 Å². The van der Waals surface area contributed by atoms with E-state index in [9.17, 15) is 20.4 Å². The highest BCUT2D eigenvalue weighted by molar-refractivity contribution is 4.75. The lowest BCUT2D eigenvalue weighted by Gasteiger charge is -2.38. The largest absolute Gasteiger partial charge is 0.386 e. The first-order valence-corrected chi connectivity index (χ1v) is 27.6. The van der Waals surface area contributed by atoms with Gasteiger partial charge >= 0.3 is 0 Å². The van der Waals surface area contributed by atoms with E-state index in [2.05, 4.69) is 93.9 Å². The zero-order chi connectivity index (χ0) is 48.3. The van der Waals surface area contributed by atoms with Gasteiger partial charge in [-0.1, -0.05) is 130 Å². The smallest absolute Gasteiger partial charge is 0.115 e. The second kappa shape index (κ2) is 37.5. The predicted octanol–water partition coefficient (Wildman–Crippen LogP) is 8.78. The van der Waals surface area contributed by atoms with Gasteiger partial charge < -0.3 is 38.4 Å². The summed E-state index contributed by atoms with van der Waals surface area (Å²) in [6.45, 7) is 19.3. The fourth-order valence-electron chi connectivity index (χ4n) is 10.1. The molecular formula is C54H120N6O4+4. The molecule has 386 valence electrons. The Morgan fingerprint density at radius 3 is 0.641 bits per heavy atom. The van der Waals surface area contributed by atoms with E-state index in [1.807, 2.05) is 0 Å². The molecule has 0 bridgehead atoms. The molecule has 0 saturated carbocycles. The fourth-order valence-corrected chi connectivity index (χ4v) is 10.1. The molecule has 0 fully saturated rings. The molecule has 0 heterocycles. The molecule has 0 aliphatic rings. The molecule has 4 unspecified atom stereocenters. The molecule has 10 nitrogen and oxygen atoms in total. The number of hydrogen-bond donors (Lipinski definition) is 4. The Morgan fingerprint density at radius 2 is 0.453 bits per heavy atom. The lowest BCUT2D eigenvalue weighted by Crippen LogP contribution is -2.54. The molecule has 4 atom stereocenters. The number of unbranched alkanes of at least 4 members (excludes halogenated alkanes) is 20. The van der Waals surface area contributed by atoms with Crippen LogP contribution in [0.2, 0.25) is 0 Å². The molecule has 0 saturated heterocycles. The van der Waals surface area contributed by atoms with Gasteiger partial charge in [0.1, 0.15) is 50.6 Å². The summed E-state index contributed by atoms with van der Waals surface area (Å²) in [5.74, 6) is 0. The van der Waals surface area contributed by atoms with Crippen LogP contribution in [0, 0.1) is 0 Å². The molecule has 0 spiro atoms. The summed E-state index contributed by atoms with van der Waals surface area (Å²) in [4.78, 5) is 4.57. The van der Waals surface area contributed by atoms with Crippen molar-refractivity contribution in [3.63, 3.8) is 0 Å². The van der Waals surface area contributed by atoms with Crippen molar-refractivity contribution in [1.29, 1.82) is 0 Å². The minimum absolute atomic E-state index is 0.503. The summed E-state index contributed by atoms with van der Waals surface area (Å²) in [6, 6.07) is 0. The number of aliphatic hydroxyl groups is 4. The van der Waals surface area contributed by atoms with Crippen LogP contribution in [0.1, 0.15) is 182 Å². The average Bonchev–Trinajstić information content (AvgIpc) is 3.18. The third kappa shape index (κ3) is 38.6. The molecule has 64 heavy (non-hydrogen) atoms. The average molecular weight is 918 g/mol.